The summed E-state index contributed by atoms with van der Waals surface area (Å²) in [4.78, 5) is 11.8. The third kappa shape index (κ3) is 4.35. The lowest BCUT2D eigenvalue weighted by molar-refractivity contribution is -0.120. The fourth-order valence-electron chi connectivity index (χ4n) is 1.68. The summed E-state index contributed by atoms with van der Waals surface area (Å²) in [6.07, 6.45) is 0. The van der Waals surface area contributed by atoms with E-state index in [1.54, 1.807) is 26.0 Å². The molecule has 1 rings (SSSR count). The quantitative estimate of drug-likeness (QED) is 0.896. The van der Waals surface area contributed by atoms with Crippen LogP contribution in [0.15, 0.2) is 24.3 Å². The van der Waals surface area contributed by atoms with Gasteiger partial charge in [0.05, 0.1) is 5.75 Å². The fraction of sp³-hybridized carbons (Fsp3) is 0.500. The van der Waals surface area contributed by atoms with Crippen molar-refractivity contribution in [2.24, 2.45) is 0 Å². The zero-order valence-corrected chi connectivity index (χ0v) is 12.6. The van der Waals surface area contributed by atoms with E-state index < -0.39 is 21.0 Å². The van der Waals surface area contributed by atoms with E-state index in [2.05, 4.69) is 5.32 Å². The minimum atomic E-state index is -3.49. The summed E-state index contributed by atoms with van der Waals surface area (Å²) in [5.74, 6) is -0.546. The van der Waals surface area contributed by atoms with Crippen molar-refractivity contribution in [3.8, 4) is 0 Å². The van der Waals surface area contributed by atoms with Gasteiger partial charge in [-0.1, -0.05) is 24.3 Å². The van der Waals surface area contributed by atoms with Gasteiger partial charge in [0.15, 0.2) is 9.84 Å². The van der Waals surface area contributed by atoms with E-state index in [1.807, 2.05) is 19.1 Å². The Labute approximate surface area is 115 Å². The van der Waals surface area contributed by atoms with Crippen LogP contribution in [0.1, 0.15) is 31.9 Å². The third-order valence-corrected chi connectivity index (χ3v) is 4.96. The maximum Gasteiger partial charge on any atom is 0.238 e. The van der Waals surface area contributed by atoms with E-state index >= 15 is 0 Å². The van der Waals surface area contributed by atoms with Gasteiger partial charge in [-0.05, 0) is 38.8 Å². The second-order valence-electron chi connectivity index (χ2n) is 5.04. The first kappa shape index (κ1) is 15.7. The number of rotatable bonds is 5. The summed E-state index contributed by atoms with van der Waals surface area (Å²) >= 11 is 0. The van der Waals surface area contributed by atoms with Gasteiger partial charge in [0, 0.05) is 6.04 Å². The molecule has 0 radical (unpaired) electrons. The number of hydrogen-bond donors (Lipinski definition) is 1. The molecule has 19 heavy (non-hydrogen) atoms. The molecule has 1 amide bonds. The summed E-state index contributed by atoms with van der Waals surface area (Å²) in [6, 6.07) is 7.24. The number of amides is 1. The topological polar surface area (TPSA) is 63.2 Å². The molecule has 1 aromatic carbocycles. The lowest BCUT2D eigenvalue weighted by Gasteiger charge is -2.16. The minimum Gasteiger partial charge on any atom is -0.353 e. The van der Waals surface area contributed by atoms with Crippen molar-refractivity contribution < 1.29 is 13.2 Å². The first-order valence-corrected chi connectivity index (χ1v) is 8.02. The molecule has 0 saturated carbocycles. The van der Waals surface area contributed by atoms with Gasteiger partial charge < -0.3 is 5.32 Å². The zero-order valence-electron chi connectivity index (χ0n) is 11.8. The second kappa shape index (κ2) is 6.19. The van der Waals surface area contributed by atoms with Crippen LogP contribution in [0.3, 0.4) is 0 Å². The highest BCUT2D eigenvalue weighted by Crippen LogP contribution is 2.15. The van der Waals surface area contributed by atoms with E-state index in [9.17, 15) is 13.2 Å². The van der Waals surface area contributed by atoms with Crippen LogP contribution in [-0.4, -0.2) is 25.6 Å². The van der Waals surface area contributed by atoms with Gasteiger partial charge >= 0.3 is 0 Å². The number of benzene rings is 1. The van der Waals surface area contributed by atoms with Gasteiger partial charge in [0.2, 0.25) is 5.91 Å². The van der Waals surface area contributed by atoms with Crippen molar-refractivity contribution in [1.29, 1.82) is 0 Å². The average Bonchev–Trinajstić information content (AvgIpc) is 2.30. The van der Waals surface area contributed by atoms with Gasteiger partial charge in [-0.3, -0.25) is 4.79 Å². The monoisotopic (exact) mass is 283 g/mol. The minimum absolute atomic E-state index is 0.0661. The van der Waals surface area contributed by atoms with Crippen molar-refractivity contribution in [1.82, 2.24) is 5.32 Å². The highest BCUT2D eigenvalue weighted by atomic mass is 32.2. The number of sulfone groups is 1. The van der Waals surface area contributed by atoms with Crippen LogP contribution >= 0.6 is 0 Å². The Balaban J connectivity index is 2.87. The molecule has 0 heterocycles. The van der Waals surface area contributed by atoms with E-state index in [1.165, 1.54) is 6.92 Å². The van der Waals surface area contributed by atoms with Gasteiger partial charge in [-0.2, -0.15) is 0 Å². The molecule has 5 heteroatoms. The summed E-state index contributed by atoms with van der Waals surface area (Å²) in [6.45, 7) is 6.91. The van der Waals surface area contributed by atoms with Crippen molar-refractivity contribution in [2.45, 2.75) is 44.7 Å². The summed E-state index contributed by atoms with van der Waals surface area (Å²) in [5.41, 5.74) is 1.66. The number of nitrogens with one attached hydrogen (secondary N) is 1. The molecule has 106 valence electrons. The predicted octanol–water partition coefficient (Wildman–Crippen LogP) is 1.82. The van der Waals surface area contributed by atoms with Crippen LogP contribution in [0.25, 0.3) is 0 Å². The van der Waals surface area contributed by atoms with E-state index in [-0.39, 0.29) is 11.8 Å². The molecule has 0 aliphatic heterocycles. The highest BCUT2D eigenvalue weighted by Gasteiger charge is 2.28. The molecule has 0 fully saturated rings. The van der Waals surface area contributed by atoms with E-state index in [4.69, 9.17) is 0 Å². The molecule has 0 aliphatic rings. The largest absolute Gasteiger partial charge is 0.353 e. The molecule has 0 aliphatic carbocycles. The standard InChI is InChI=1S/C14H21NO3S/c1-10(2)15-14(16)12(4)19(17,18)9-13-8-6-5-7-11(13)3/h5-8,10,12H,9H2,1-4H3,(H,15,16)/t12-/m1/s1. The number of aryl methyl sites for hydroxylation is 1. The molecule has 0 aromatic heterocycles. The maximum atomic E-state index is 12.2. The zero-order chi connectivity index (χ0) is 14.6. The van der Waals surface area contributed by atoms with Crippen LogP contribution in [0, 0.1) is 6.92 Å². The Morgan fingerprint density at radius 1 is 1.21 bits per heavy atom. The molecule has 1 N–H and O–H groups in total. The molecular weight excluding hydrogens is 262 g/mol. The van der Waals surface area contributed by atoms with Gasteiger partial charge in [-0.15, -0.1) is 0 Å². The Kier molecular flexibility index (Phi) is 5.11. The van der Waals surface area contributed by atoms with E-state index in [0.717, 1.165) is 11.1 Å². The van der Waals surface area contributed by atoms with Crippen LogP contribution in [-0.2, 0) is 20.4 Å². The second-order valence-corrected chi connectivity index (χ2v) is 7.36. The number of carbonyl (C=O) groups is 1. The van der Waals surface area contributed by atoms with Crippen LogP contribution < -0.4 is 5.32 Å². The summed E-state index contributed by atoms with van der Waals surface area (Å²) in [5, 5.41) is 1.60. The first-order chi connectivity index (χ1) is 8.74. The Morgan fingerprint density at radius 3 is 2.32 bits per heavy atom. The average molecular weight is 283 g/mol. The SMILES string of the molecule is Cc1ccccc1CS(=O)(=O)[C@H](C)C(=O)NC(C)C. The normalized spacial score (nSPS) is 13.3. The third-order valence-electron chi connectivity index (χ3n) is 2.96. The van der Waals surface area contributed by atoms with Gasteiger partial charge in [0.25, 0.3) is 0 Å². The highest BCUT2D eigenvalue weighted by molar-refractivity contribution is 7.92. The Morgan fingerprint density at radius 2 is 1.79 bits per heavy atom. The molecule has 0 spiro atoms. The molecule has 0 unspecified atom stereocenters. The molecule has 1 aromatic rings. The fourth-order valence-corrected chi connectivity index (χ4v) is 3.08. The molecular formula is C14H21NO3S. The van der Waals surface area contributed by atoms with Crippen LogP contribution in [0.5, 0.6) is 0 Å². The van der Waals surface area contributed by atoms with Gasteiger partial charge in [0.1, 0.15) is 5.25 Å². The number of hydrogen-bond acceptors (Lipinski definition) is 3. The lowest BCUT2D eigenvalue weighted by Crippen LogP contribution is -2.41. The van der Waals surface area contributed by atoms with Crippen molar-refractivity contribution in [3.05, 3.63) is 35.4 Å². The van der Waals surface area contributed by atoms with Crippen LogP contribution in [0.2, 0.25) is 0 Å². The Bertz CT molecular complexity index is 550. The van der Waals surface area contributed by atoms with Crippen molar-refractivity contribution >= 4 is 15.7 Å². The Hall–Kier alpha value is -1.36. The smallest absolute Gasteiger partial charge is 0.238 e. The van der Waals surface area contributed by atoms with Crippen molar-refractivity contribution in [2.75, 3.05) is 0 Å². The summed E-state index contributed by atoms with van der Waals surface area (Å²) < 4.78 is 24.4. The number of carbonyl (C=O) groups excluding carboxylic acids is 1. The molecule has 0 bridgehead atoms. The molecule has 0 saturated heterocycles. The van der Waals surface area contributed by atoms with Crippen LogP contribution in [0.4, 0.5) is 0 Å². The molecule has 4 nitrogen and oxygen atoms in total. The maximum absolute atomic E-state index is 12.2. The summed E-state index contributed by atoms with van der Waals surface area (Å²) in [7, 11) is -3.49. The van der Waals surface area contributed by atoms with E-state index in [0.29, 0.717) is 0 Å². The lowest BCUT2D eigenvalue weighted by atomic mass is 10.1. The van der Waals surface area contributed by atoms with Gasteiger partial charge in [-0.25, -0.2) is 8.42 Å². The predicted molar refractivity (Wildman–Crippen MR) is 76.5 cm³/mol. The first-order valence-electron chi connectivity index (χ1n) is 6.30. The van der Waals surface area contributed by atoms with Crippen molar-refractivity contribution in [3.63, 3.8) is 0 Å². The molecule has 1 atom stereocenters.